The summed E-state index contributed by atoms with van der Waals surface area (Å²) in [6.45, 7) is 5.29. The van der Waals surface area contributed by atoms with Gasteiger partial charge in [-0.05, 0) is 38.8 Å². The fourth-order valence-electron chi connectivity index (χ4n) is 2.42. The van der Waals surface area contributed by atoms with E-state index in [1.807, 2.05) is 20.0 Å². The lowest BCUT2D eigenvalue weighted by Gasteiger charge is -2.28. The molecule has 0 unspecified atom stereocenters. The van der Waals surface area contributed by atoms with Crippen molar-refractivity contribution in [1.29, 1.82) is 0 Å². The van der Waals surface area contributed by atoms with Crippen molar-refractivity contribution in [3.63, 3.8) is 0 Å². The van der Waals surface area contributed by atoms with E-state index in [9.17, 15) is 0 Å². The summed E-state index contributed by atoms with van der Waals surface area (Å²) >= 11 is 0. The van der Waals surface area contributed by atoms with Crippen LogP contribution in [-0.2, 0) is 0 Å². The number of nitrogens with one attached hydrogen (secondary N) is 2. The van der Waals surface area contributed by atoms with E-state index in [0.29, 0.717) is 0 Å². The van der Waals surface area contributed by atoms with Gasteiger partial charge in [0.25, 0.3) is 0 Å². The second-order valence-electron chi connectivity index (χ2n) is 4.98. The maximum absolute atomic E-state index is 4.51. The van der Waals surface area contributed by atoms with E-state index in [1.165, 1.54) is 12.8 Å². The number of piperidine rings is 1. The van der Waals surface area contributed by atoms with Gasteiger partial charge in [0.1, 0.15) is 17.5 Å². The van der Waals surface area contributed by atoms with E-state index in [4.69, 9.17) is 0 Å². The van der Waals surface area contributed by atoms with Crippen LogP contribution in [0.1, 0.15) is 18.7 Å². The predicted octanol–water partition coefficient (Wildman–Crippen LogP) is 1.26. The lowest BCUT2D eigenvalue weighted by Crippen LogP contribution is -2.34. The van der Waals surface area contributed by atoms with Crippen LogP contribution >= 0.6 is 0 Å². The van der Waals surface area contributed by atoms with Crippen LogP contribution in [0, 0.1) is 12.8 Å². The van der Waals surface area contributed by atoms with Crippen molar-refractivity contribution >= 4 is 11.6 Å². The summed E-state index contributed by atoms with van der Waals surface area (Å²) in [5.74, 6) is 3.47. The minimum absolute atomic E-state index is 0.768. The van der Waals surface area contributed by atoms with Crippen molar-refractivity contribution in [2.24, 2.45) is 5.92 Å². The van der Waals surface area contributed by atoms with Gasteiger partial charge in [-0.15, -0.1) is 0 Å². The van der Waals surface area contributed by atoms with Crippen molar-refractivity contribution in [3.05, 3.63) is 11.9 Å². The Kier molecular flexibility index (Phi) is 4.36. The SMILES string of the molecule is CNc1cc(N(C)CC2CCNCC2)nc(C)n1. The topological polar surface area (TPSA) is 53.1 Å². The zero-order chi connectivity index (χ0) is 13.0. The fraction of sp³-hybridized carbons (Fsp3) is 0.692. The van der Waals surface area contributed by atoms with Crippen molar-refractivity contribution in [2.45, 2.75) is 19.8 Å². The first-order valence-corrected chi connectivity index (χ1v) is 6.64. The number of rotatable bonds is 4. The highest BCUT2D eigenvalue weighted by Crippen LogP contribution is 2.18. The number of aryl methyl sites for hydroxylation is 1. The van der Waals surface area contributed by atoms with E-state index in [2.05, 4.69) is 32.5 Å². The van der Waals surface area contributed by atoms with Gasteiger partial charge in [0.2, 0.25) is 0 Å². The van der Waals surface area contributed by atoms with Crippen molar-refractivity contribution in [3.8, 4) is 0 Å². The zero-order valence-corrected chi connectivity index (χ0v) is 11.5. The molecule has 1 saturated heterocycles. The molecule has 5 nitrogen and oxygen atoms in total. The molecule has 0 atom stereocenters. The van der Waals surface area contributed by atoms with Crippen LogP contribution in [0.2, 0.25) is 0 Å². The molecule has 5 heteroatoms. The van der Waals surface area contributed by atoms with Crippen LogP contribution < -0.4 is 15.5 Å². The molecule has 1 aromatic heterocycles. The summed E-state index contributed by atoms with van der Waals surface area (Å²) < 4.78 is 0. The molecule has 0 bridgehead atoms. The Labute approximate surface area is 109 Å². The molecule has 1 aliphatic rings. The summed E-state index contributed by atoms with van der Waals surface area (Å²) in [7, 11) is 4.00. The normalized spacial score (nSPS) is 16.6. The quantitative estimate of drug-likeness (QED) is 0.841. The third-order valence-corrected chi connectivity index (χ3v) is 3.46. The van der Waals surface area contributed by atoms with Gasteiger partial charge in [-0.3, -0.25) is 0 Å². The summed E-state index contributed by atoms with van der Waals surface area (Å²) in [6, 6.07) is 2.01. The third-order valence-electron chi connectivity index (χ3n) is 3.46. The zero-order valence-electron chi connectivity index (χ0n) is 11.5. The molecule has 2 rings (SSSR count). The Morgan fingerprint density at radius 1 is 1.39 bits per heavy atom. The third kappa shape index (κ3) is 3.32. The largest absolute Gasteiger partial charge is 0.373 e. The Morgan fingerprint density at radius 3 is 2.78 bits per heavy atom. The molecule has 18 heavy (non-hydrogen) atoms. The second-order valence-corrected chi connectivity index (χ2v) is 4.98. The number of hydrogen-bond donors (Lipinski definition) is 2. The van der Waals surface area contributed by atoms with Gasteiger partial charge in [0.15, 0.2) is 0 Å². The van der Waals surface area contributed by atoms with Crippen molar-refractivity contribution in [1.82, 2.24) is 15.3 Å². The standard InChI is InChI=1S/C13H23N5/c1-10-16-12(14-2)8-13(17-10)18(3)9-11-4-6-15-7-5-11/h8,11,15H,4-7,9H2,1-3H3,(H,14,16,17). The van der Waals surface area contributed by atoms with Gasteiger partial charge in [0.05, 0.1) is 0 Å². The summed E-state index contributed by atoms with van der Waals surface area (Å²) in [5, 5.41) is 6.48. The molecule has 1 aromatic rings. The van der Waals surface area contributed by atoms with E-state index < -0.39 is 0 Å². The van der Waals surface area contributed by atoms with Crippen LogP contribution in [0.25, 0.3) is 0 Å². The molecule has 0 amide bonds. The molecule has 100 valence electrons. The van der Waals surface area contributed by atoms with Crippen LogP contribution in [0.3, 0.4) is 0 Å². The lowest BCUT2D eigenvalue weighted by atomic mass is 9.98. The van der Waals surface area contributed by atoms with E-state index >= 15 is 0 Å². The second kappa shape index (κ2) is 6.00. The van der Waals surface area contributed by atoms with Gasteiger partial charge in [-0.25, -0.2) is 9.97 Å². The van der Waals surface area contributed by atoms with Crippen LogP contribution in [-0.4, -0.2) is 43.7 Å². The monoisotopic (exact) mass is 249 g/mol. The Balaban J connectivity index is 2.02. The van der Waals surface area contributed by atoms with Gasteiger partial charge < -0.3 is 15.5 Å². The van der Waals surface area contributed by atoms with Gasteiger partial charge >= 0.3 is 0 Å². The average Bonchev–Trinajstić information content (AvgIpc) is 2.39. The molecule has 1 fully saturated rings. The molecule has 2 N–H and O–H groups in total. The maximum atomic E-state index is 4.51. The summed E-state index contributed by atoms with van der Waals surface area (Å²) in [4.78, 5) is 11.1. The fourth-order valence-corrected chi connectivity index (χ4v) is 2.42. The minimum atomic E-state index is 0.768. The Bertz CT molecular complexity index is 387. The van der Waals surface area contributed by atoms with Crippen LogP contribution in [0.5, 0.6) is 0 Å². The highest BCUT2D eigenvalue weighted by molar-refractivity contribution is 5.48. The molecular weight excluding hydrogens is 226 g/mol. The predicted molar refractivity (Wildman–Crippen MR) is 75.2 cm³/mol. The molecule has 1 aliphatic heterocycles. The van der Waals surface area contributed by atoms with Crippen molar-refractivity contribution < 1.29 is 0 Å². The number of hydrogen-bond acceptors (Lipinski definition) is 5. The first-order valence-electron chi connectivity index (χ1n) is 6.64. The summed E-state index contributed by atoms with van der Waals surface area (Å²) in [5.41, 5.74) is 0. The molecule has 0 aliphatic carbocycles. The van der Waals surface area contributed by atoms with Crippen LogP contribution in [0.4, 0.5) is 11.6 Å². The average molecular weight is 249 g/mol. The van der Waals surface area contributed by atoms with E-state index in [0.717, 1.165) is 43.0 Å². The number of nitrogens with zero attached hydrogens (tertiary/aromatic N) is 3. The minimum Gasteiger partial charge on any atom is -0.373 e. The summed E-state index contributed by atoms with van der Waals surface area (Å²) in [6.07, 6.45) is 2.51. The Morgan fingerprint density at radius 2 is 2.11 bits per heavy atom. The number of anilines is 2. The van der Waals surface area contributed by atoms with Gasteiger partial charge in [-0.2, -0.15) is 0 Å². The van der Waals surface area contributed by atoms with Gasteiger partial charge in [0, 0.05) is 26.7 Å². The maximum Gasteiger partial charge on any atom is 0.134 e. The highest BCUT2D eigenvalue weighted by Gasteiger charge is 2.16. The smallest absolute Gasteiger partial charge is 0.134 e. The van der Waals surface area contributed by atoms with E-state index in [-0.39, 0.29) is 0 Å². The Hall–Kier alpha value is -1.36. The first kappa shape index (κ1) is 13.1. The molecule has 0 spiro atoms. The number of aromatic nitrogens is 2. The molecule has 0 radical (unpaired) electrons. The molecule has 2 heterocycles. The lowest BCUT2D eigenvalue weighted by molar-refractivity contribution is 0.377. The molecular formula is C13H23N5. The van der Waals surface area contributed by atoms with Gasteiger partial charge in [-0.1, -0.05) is 0 Å². The highest BCUT2D eigenvalue weighted by atomic mass is 15.2. The molecule has 0 saturated carbocycles. The van der Waals surface area contributed by atoms with Crippen molar-refractivity contribution in [2.75, 3.05) is 43.9 Å². The first-order chi connectivity index (χ1) is 8.69. The van der Waals surface area contributed by atoms with E-state index in [1.54, 1.807) is 0 Å². The molecule has 0 aromatic carbocycles. The van der Waals surface area contributed by atoms with Crippen LogP contribution in [0.15, 0.2) is 6.07 Å².